The van der Waals surface area contributed by atoms with Crippen LogP contribution in [0, 0.1) is 5.82 Å². The Morgan fingerprint density at radius 2 is 2.05 bits per heavy atom. The quantitative estimate of drug-likeness (QED) is 0.639. The molecule has 0 spiro atoms. The lowest BCUT2D eigenvalue weighted by Gasteiger charge is -2.07. The predicted octanol–water partition coefficient (Wildman–Crippen LogP) is 3.54. The maximum absolute atomic E-state index is 13.9. The molecule has 0 unspecified atom stereocenters. The van der Waals surface area contributed by atoms with Crippen molar-refractivity contribution in [2.45, 2.75) is 19.6 Å². The highest BCUT2D eigenvalue weighted by molar-refractivity contribution is 5.86. The second kappa shape index (κ2) is 5.07. The van der Waals surface area contributed by atoms with E-state index in [1.165, 1.54) is 12.1 Å². The number of hydrogen-bond acceptors (Lipinski definition) is 2. The van der Waals surface area contributed by atoms with Gasteiger partial charge in [-0.05, 0) is 13.0 Å². The van der Waals surface area contributed by atoms with Crippen LogP contribution in [0.5, 0.6) is 0 Å². The smallest absolute Gasteiger partial charge is 0.331 e. The van der Waals surface area contributed by atoms with Gasteiger partial charge >= 0.3 is 6.18 Å². The number of carbonyl (C=O) groups is 1. The molecular weight excluding hydrogens is 276 g/mol. The van der Waals surface area contributed by atoms with Crippen molar-refractivity contribution in [1.29, 1.82) is 0 Å². The number of imidazole rings is 1. The molecule has 1 heterocycles. The molecule has 106 valence electrons. The number of aryl methyl sites for hydroxylation is 1. The standard InChI is InChI=1S/C13H10F4N2O/c1-2-19-6-10(13(15,16)17)18-12(19)11-8(7-20)4-3-5-9(11)14/h3-7H,2H2,1H3. The number of rotatable bonds is 3. The third-order valence-electron chi connectivity index (χ3n) is 2.80. The molecule has 0 bridgehead atoms. The molecule has 20 heavy (non-hydrogen) atoms. The van der Waals surface area contributed by atoms with Crippen molar-refractivity contribution in [2.75, 3.05) is 0 Å². The number of halogens is 4. The fourth-order valence-corrected chi connectivity index (χ4v) is 1.87. The van der Waals surface area contributed by atoms with Crippen molar-refractivity contribution in [3.8, 4) is 11.4 Å². The highest BCUT2D eigenvalue weighted by atomic mass is 19.4. The number of nitrogens with zero attached hydrogens (tertiary/aromatic N) is 2. The van der Waals surface area contributed by atoms with Crippen LogP contribution >= 0.6 is 0 Å². The van der Waals surface area contributed by atoms with Crippen molar-refractivity contribution in [2.24, 2.45) is 0 Å². The Morgan fingerprint density at radius 1 is 1.35 bits per heavy atom. The zero-order chi connectivity index (χ0) is 14.9. The molecule has 0 N–H and O–H groups in total. The maximum atomic E-state index is 13.9. The first-order chi connectivity index (χ1) is 9.38. The van der Waals surface area contributed by atoms with Gasteiger partial charge in [-0.3, -0.25) is 4.79 Å². The fraction of sp³-hybridized carbons (Fsp3) is 0.231. The van der Waals surface area contributed by atoms with Crippen LogP contribution in [0.15, 0.2) is 24.4 Å². The van der Waals surface area contributed by atoms with E-state index < -0.39 is 17.7 Å². The largest absolute Gasteiger partial charge is 0.434 e. The van der Waals surface area contributed by atoms with Gasteiger partial charge in [-0.15, -0.1) is 0 Å². The first-order valence-electron chi connectivity index (χ1n) is 5.77. The molecular formula is C13H10F4N2O. The van der Waals surface area contributed by atoms with Gasteiger partial charge in [0.25, 0.3) is 0 Å². The van der Waals surface area contributed by atoms with E-state index in [-0.39, 0.29) is 23.5 Å². The Hall–Kier alpha value is -2.18. The average molecular weight is 286 g/mol. The third-order valence-corrected chi connectivity index (χ3v) is 2.80. The van der Waals surface area contributed by atoms with Crippen LogP contribution in [0.4, 0.5) is 17.6 Å². The van der Waals surface area contributed by atoms with Crippen LogP contribution in [0.25, 0.3) is 11.4 Å². The van der Waals surface area contributed by atoms with Gasteiger partial charge in [-0.2, -0.15) is 13.2 Å². The molecule has 0 saturated carbocycles. The lowest BCUT2D eigenvalue weighted by molar-refractivity contribution is -0.140. The first kappa shape index (κ1) is 14.2. The summed E-state index contributed by atoms with van der Waals surface area (Å²) in [7, 11) is 0. The van der Waals surface area contributed by atoms with Crippen molar-refractivity contribution in [1.82, 2.24) is 9.55 Å². The molecule has 0 amide bonds. The van der Waals surface area contributed by atoms with Crippen molar-refractivity contribution >= 4 is 6.29 Å². The first-order valence-corrected chi connectivity index (χ1v) is 5.77. The minimum atomic E-state index is -4.62. The molecule has 1 aromatic heterocycles. The molecule has 0 aliphatic carbocycles. The molecule has 2 rings (SSSR count). The van der Waals surface area contributed by atoms with E-state index >= 15 is 0 Å². The van der Waals surface area contributed by atoms with Crippen LogP contribution < -0.4 is 0 Å². The van der Waals surface area contributed by atoms with Gasteiger partial charge in [-0.1, -0.05) is 12.1 Å². The number of carbonyl (C=O) groups excluding carboxylic acids is 1. The van der Waals surface area contributed by atoms with Crippen LogP contribution in [0.3, 0.4) is 0 Å². The Kier molecular flexibility index (Phi) is 3.61. The van der Waals surface area contributed by atoms with E-state index in [4.69, 9.17) is 0 Å². The van der Waals surface area contributed by atoms with E-state index in [0.29, 0.717) is 6.29 Å². The van der Waals surface area contributed by atoms with Crippen LogP contribution in [-0.4, -0.2) is 15.8 Å². The Balaban J connectivity index is 2.70. The Labute approximate surface area is 111 Å². The summed E-state index contributed by atoms with van der Waals surface area (Å²) in [6, 6.07) is 3.71. The molecule has 2 aromatic rings. The molecule has 0 atom stereocenters. The highest BCUT2D eigenvalue weighted by Crippen LogP contribution is 2.32. The monoisotopic (exact) mass is 286 g/mol. The average Bonchev–Trinajstić information content (AvgIpc) is 2.82. The summed E-state index contributed by atoms with van der Waals surface area (Å²) in [5.74, 6) is -0.997. The van der Waals surface area contributed by atoms with Gasteiger partial charge in [0.05, 0.1) is 5.56 Å². The summed E-state index contributed by atoms with van der Waals surface area (Å²) in [5.41, 5.74) is -1.38. The van der Waals surface area contributed by atoms with Gasteiger partial charge in [0.15, 0.2) is 12.0 Å². The van der Waals surface area contributed by atoms with Gasteiger partial charge < -0.3 is 4.57 Å². The molecule has 0 saturated heterocycles. The molecule has 7 heteroatoms. The van der Waals surface area contributed by atoms with E-state index in [9.17, 15) is 22.4 Å². The molecule has 0 aliphatic rings. The topological polar surface area (TPSA) is 34.9 Å². The van der Waals surface area contributed by atoms with Crippen LogP contribution in [-0.2, 0) is 12.7 Å². The van der Waals surface area contributed by atoms with Gasteiger partial charge in [-0.25, -0.2) is 9.37 Å². The molecule has 0 fully saturated rings. The second-order valence-corrected chi connectivity index (χ2v) is 4.06. The minimum absolute atomic E-state index is 0.0426. The third kappa shape index (κ3) is 2.43. The van der Waals surface area contributed by atoms with Crippen molar-refractivity contribution in [3.05, 3.63) is 41.5 Å². The Morgan fingerprint density at radius 3 is 2.60 bits per heavy atom. The van der Waals surface area contributed by atoms with Crippen LogP contribution in [0.1, 0.15) is 23.0 Å². The zero-order valence-electron chi connectivity index (χ0n) is 10.4. The molecule has 0 radical (unpaired) electrons. The summed E-state index contributed by atoms with van der Waals surface area (Å²) >= 11 is 0. The number of aromatic nitrogens is 2. The SMILES string of the molecule is CCn1cc(C(F)(F)F)nc1-c1c(F)cccc1C=O. The van der Waals surface area contributed by atoms with Gasteiger partial charge in [0.2, 0.25) is 0 Å². The fourth-order valence-electron chi connectivity index (χ4n) is 1.87. The highest BCUT2D eigenvalue weighted by Gasteiger charge is 2.35. The van der Waals surface area contributed by atoms with E-state index in [2.05, 4.69) is 4.98 Å². The molecule has 3 nitrogen and oxygen atoms in total. The Bertz CT molecular complexity index is 646. The summed E-state index contributed by atoms with van der Waals surface area (Å²) < 4.78 is 53.0. The summed E-state index contributed by atoms with van der Waals surface area (Å²) in [4.78, 5) is 14.4. The summed E-state index contributed by atoms with van der Waals surface area (Å²) in [6.45, 7) is 1.78. The molecule has 1 aromatic carbocycles. The predicted molar refractivity (Wildman–Crippen MR) is 63.7 cm³/mol. The number of alkyl halides is 3. The van der Waals surface area contributed by atoms with Gasteiger partial charge in [0.1, 0.15) is 11.6 Å². The van der Waals surface area contributed by atoms with Crippen molar-refractivity contribution < 1.29 is 22.4 Å². The minimum Gasteiger partial charge on any atom is -0.331 e. The van der Waals surface area contributed by atoms with E-state index in [1.807, 2.05) is 0 Å². The normalized spacial score (nSPS) is 11.7. The number of aldehydes is 1. The van der Waals surface area contributed by atoms with Crippen molar-refractivity contribution in [3.63, 3.8) is 0 Å². The lowest BCUT2D eigenvalue weighted by Crippen LogP contribution is -2.05. The lowest BCUT2D eigenvalue weighted by atomic mass is 10.1. The second-order valence-electron chi connectivity index (χ2n) is 4.06. The zero-order valence-corrected chi connectivity index (χ0v) is 10.4. The number of benzene rings is 1. The summed E-state index contributed by atoms with van der Waals surface area (Å²) in [6.07, 6.45) is -3.43. The van der Waals surface area contributed by atoms with Crippen LogP contribution in [0.2, 0.25) is 0 Å². The van der Waals surface area contributed by atoms with E-state index in [0.717, 1.165) is 16.8 Å². The maximum Gasteiger partial charge on any atom is 0.434 e. The summed E-state index contributed by atoms with van der Waals surface area (Å²) in [5, 5.41) is 0. The number of hydrogen-bond donors (Lipinski definition) is 0. The van der Waals surface area contributed by atoms with Gasteiger partial charge in [0, 0.05) is 18.3 Å². The molecule has 0 aliphatic heterocycles. The van der Waals surface area contributed by atoms with E-state index in [1.54, 1.807) is 6.92 Å².